The number of ketones is 1. The molecule has 3 rings (SSSR count). The molecule has 1 aromatic heterocycles. The fraction of sp³-hybridized carbons (Fsp3) is 0.182. The molecule has 1 heterocycles. The van der Waals surface area contributed by atoms with Crippen LogP contribution in [-0.4, -0.2) is 22.0 Å². The standard InChI is InChI=1S/C22H21NO3/c1-22(2,3)26-21(25)23-14-18(16-10-6-4-7-11-16)19(15-23)20(24)17-12-8-5-9-13-17/h4-15H,1-3H3. The third kappa shape index (κ3) is 3.91. The van der Waals surface area contributed by atoms with Gasteiger partial charge in [-0.3, -0.25) is 9.36 Å². The molecule has 26 heavy (non-hydrogen) atoms. The highest BCUT2D eigenvalue weighted by Crippen LogP contribution is 2.27. The number of aromatic nitrogens is 1. The summed E-state index contributed by atoms with van der Waals surface area (Å²) >= 11 is 0. The van der Waals surface area contributed by atoms with Crippen LogP contribution in [0.1, 0.15) is 36.7 Å². The number of nitrogens with zero attached hydrogens (tertiary/aromatic N) is 1. The summed E-state index contributed by atoms with van der Waals surface area (Å²) in [6.07, 6.45) is 2.69. The van der Waals surface area contributed by atoms with Crippen molar-refractivity contribution >= 4 is 11.9 Å². The predicted octanol–water partition coefficient (Wildman–Crippen LogP) is 5.17. The van der Waals surface area contributed by atoms with Crippen molar-refractivity contribution in [2.75, 3.05) is 0 Å². The minimum absolute atomic E-state index is 0.133. The van der Waals surface area contributed by atoms with Gasteiger partial charge in [-0.1, -0.05) is 60.7 Å². The van der Waals surface area contributed by atoms with E-state index in [9.17, 15) is 9.59 Å². The molecule has 0 aliphatic heterocycles. The van der Waals surface area contributed by atoms with Crippen LogP contribution in [-0.2, 0) is 4.74 Å². The minimum atomic E-state index is -0.613. The van der Waals surface area contributed by atoms with Gasteiger partial charge in [-0.25, -0.2) is 4.79 Å². The van der Waals surface area contributed by atoms with Gasteiger partial charge in [0.05, 0.1) is 0 Å². The van der Waals surface area contributed by atoms with Crippen LogP contribution in [0, 0.1) is 0 Å². The van der Waals surface area contributed by atoms with E-state index < -0.39 is 11.7 Å². The largest absolute Gasteiger partial charge is 0.443 e. The van der Waals surface area contributed by atoms with Crippen LogP contribution < -0.4 is 0 Å². The minimum Gasteiger partial charge on any atom is -0.443 e. The average molecular weight is 347 g/mol. The van der Waals surface area contributed by atoms with Crippen LogP contribution in [0.25, 0.3) is 11.1 Å². The maximum absolute atomic E-state index is 13.0. The lowest BCUT2D eigenvalue weighted by Crippen LogP contribution is -2.26. The Kier molecular flexibility index (Phi) is 4.76. The van der Waals surface area contributed by atoms with Gasteiger partial charge in [0, 0.05) is 29.1 Å². The van der Waals surface area contributed by atoms with Crippen molar-refractivity contribution in [3.05, 3.63) is 84.2 Å². The summed E-state index contributed by atoms with van der Waals surface area (Å²) in [5.41, 5.74) is 2.00. The van der Waals surface area contributed by atoms with Crippen LogP contribution in [0.5, 0.6) is 0 Å². The van der Waals surface area contributed by atoms with Crippen molar-refractivity contribution in [2.24, 2.45) is 0 Å². The van der Waals surface area contributed by atoms with Gasteiger partial charge >= 0.3 is 6.09 Å². The molecule has 0 N–H and O–H groups in total. The fourth-order valence-corrected chi connectivity index (χ4v) is 2.65. The number of carbonyl (C=O) groups is 2. The number of carbonyl (C=O) groups excluding carboxylic acids is 2. The van der Waals surface area contributed by atoms with Gasteiger partial charge in [0.1, 0.15) is 5.60 Å². The first kappa shape index (κ1) is 17.7. The van der Waals surface area contributed by atoms with Crippen LogP contribution in [0.3, 0.4) is 0 Å². The molecule has 0 spiro atoms. The van der Waals surface area contributed by atoms with E-state index in [0.717, 1.165) is 5.56 Å². The Morgan fingerprint density at radius 1 is 0.846 bits per heavy atom. The highest BCUT2D eigenvalue weighted by atomic mass is 16.6. The van der Waals surface area contributed by atoms with E-state index >= 15 is 0 Å². The van der Waals surface area contributed by atoms with Gasteiger partial charge in [0.25, 0.3) is 0 Å². The molecule has 0 atom stereocenters. The molecule has 0 amide bonds. The normalized spacial score (nSPS) is 11.2. The first-order valence-corrected chi connectivity index (χ1v) is 8.46. The van der Waals surface area contributed by atoms with Gasteiger partial charge in [-0.15, -0.1) is 0 Å². The Balaban J connectivity index is 2.07. The number of benzene rings is 2. The molecule has 2 aromatic carbocycles. The van der Waals surface area contributed by atoms with Crippen LogP contribution in [0.4, 0.5) is 4.79 Å². The van der Waals surface area contributed by atoms with Crippen molar-refractivity contribution in [3.8, 4) is 11.1 Å². The summed E-state index contributed by atoms with van der Waals surface area (Å²) in [5.74, 6) is -0.133. The molecule has 0 saturated carbocycles. The second kappa shape index (κ2) is 7.00. The molecule has 4 nitrogen and oxygen atoms in total. The second-order valence-electron chi connectivity index (χ2n) is 7.03. The summed E-state index contributed by atoms with van der Waals surface area (Å²) in [5, 5.41) is 0. The monoisotopic (exact) mass is 347 g/mol. The maximum atomic E-state index is 13.0. The Hall–Kier alpha value is -3.14. The molecule has 0 unspecified atom stereocenters. The van der Waals surface area contributed by atoms with Crippen molar-refractivity contribution in [3.63, 3.8) is 0 Å². The van der Waals surface area contributed by atoms with E-state index in [-0.39, 0.29) is 5.78 Å². The SMILES string of the molecule is CC(C)(C)OC(=O)n1cc(C(=O)c2ccccc2)c(-c2ccccc2)c1. The van der Waals surface area contributed by atoms with E-state index in [2.05, 4.69) is 0 Å². The zero-order valence-corrected chi connectivity index (χ0v) is 15.1. The van der Waals surface area contributed by atoms with E-state index in [1.165, 1.54) is 4.57 Å². The predicted molar refractivity (Wildman–Crippen MR) is 101 cm³/mol. The van der Waals surface area contributed by atoms with Crippen molar-refractivity contribution in [2.45, 2.75) is 26.4 Å². The molecule has 0 fully saturated rings. The fourth-order valence-electron chi connectivity index (χ4n) is 2.65. The third-order valence-corrected chi connectivity index (χ3v) is 3.80. The molecular weight excluding hydrogens is 326 g/mol. The Morgan fingerprint density at radius 2 is 1.42 bits per heavy atom. The highest BCUT2D eigenvalue weighted by molar-refractivity contribution is 6.13. The van der Waals surface area contributed by atoms with Crippen molar-refractivity contribution in [1.82, 2.24) is 4.57 Å². The molecular formula is C22H21NO3. The topological polar surface area (TPSA) is 48.3 Å². The summed E-state index contributed by atoms with van der Waals surface area (Å²) in [7, 11) is 0. The molecule has 0 radical (unpaired) electrons. The van der Waals surface area contributed by atoms with Crippen LogP contribution >= 0.6 is 0 Å². The molecule has 0 aliphatic carbocycles. The lowest BCUT2D eigenvalue weighted by atomic mass is 9.98. The van der Waals surface area contributed by atoms with Gasteiger partial charge in [0.15, 0.2) is 5.78 Å². The summed E-state index contributed by atoms with van der Waals surface area (Å²) in [6.45, 7) is 5.42. The number of rotatable bonds is 3. The van der Waals surface area contributed by atoms with Crippen molar-refractivity contribution in [1.29, 1.82) is 0 Å². The lowest BCUT2D eigenvalue weighted by molar-refractivity contribution is 0.0537. The molecule has 3 aromatic rings. The number of ether oxygens (including phenoxy) is 1. The van der Waals surface area contributed by atoms with Gasteiger partial charge in [0.2, 0.25) is 0 Å². The number of hydrogen-bond donors (Lipinski definition) is 0. The van der Waals surface area contributed by atoms with Gasteiger partial charge < -0.3 is 4.74 Å². The maximum Gasteiger partial charge on any atom is 0.418 e. The van der Waals surface area contributed by atoms with E-state index in [1.807, 2.05) is 69.3 Å². The van der Waals surface area contributed by atoms with Gasteiger partial charge in [-0.2, -0.15) is 0 Å². The molecule has 132 valence electrons. The summed E-state index contributed by atoms with van der Waals surface area (Å²) in [4.78, 5) is 25.4. The zero-order valence-electron chi connectivity index (χ0n) is 15.1. The molecule has 4 heteroatoms. The first-order valence-electron chi connectivity index (χ1n) is 8.46. The van der Waals surface area contributed by atoms with Crippen molar-refractivity contribution < 1.29 is 14.3 Å². The molecule has 0 saturated heterocycles. The Morgan fingerprint density at radius 3 is 2.00 bits per heavy atom. The average Bonchev–Trinajstić information content (AvgIpc) is 3.07. The Labute approximate surface area is 153 Å². The second-order valence-corrected chi connectivity index (χ2v) is 7.03. The molecule has 0 bridgehead atoms. The van der Waals surface area contributed by atoms with E-state index in [0.29, 0.717) is 16.7 Å². The van der Waals surface area contributed by atoms with Crippen LogP contribution in [0.15, 0.2) is 73.1 Å². The smallest absolute Gasteiger partial charge is 0.418 e. The quantitative estimate of drug-likeness (QED) is 0.614. The highest BCUT2D eigenvalue weighted by Gasteiger charge is 2.22. The zero-order chi connectivity index (χ0) is 18.7. The van der Waals surface area contributed by atoms with Gasteiger partial charge in [-0.05, 0) is 26.3 Å². The van der Waals surface area contributed by atoms with E-state index in [1.54, 1.807) is 24.5 Å². The summed E-state index contributed by atoms with van der Waals surface area (Å²) < 4.78 is 6.76. The Bertz CT molecular complexity index is 919. The summed E-state index contributed by atoms with van der Waals surface area (Å²) in [6, 6.07) is 18.6. The lowest BCUT2D eigenvalue weighted by Gasteiger charge is -2.19. The molecule has 0 aliphatic rings. The number of hydrogen-bond acceptors (Lipinski definition) is 3. The van der Waals surface area contributed by atoms with Crippen LogP contribution in [0.2, 0.25) is 0 Å². The first-order chi connectivity index (χ1) is 12.3. The third-order valence-electron chi connectivity index (χ3n) is 3.80. The van der Waals surface area contributed by atoms with E-state index in [4.69, 9.17) is 4.74 Å².